The number of hydrogen-bond donors (Lipinski definition) is 0. The lowest BCUT2D eigenvalue weighted by molar-refractivity contribution is -0.144. The summed E-state index contributed by atoms with van der Waals surface area (Å²) >= 11 is 1.60. The highest BCUT2D eigenvalue weighted by Gasteiger charge is 2.48. The van der Waals surface area contributed by atoms with Crippen LogP contribution in [0, 0.1) is 11.3 Å². The molecular formula is C22H27NO3S. The predicted octanol–water partition coefficient (Wildman–Crippen LogP) is 5.05. The number of aliphatic imine (C=N–C) groups is 1. The van der Waals surface area contributed by atoms with E-state index in [-0.39, 0.29) is 35.1 Å². The molecule has 0 unspecified atom stereocenters. The van der Waals surface area contributed by atoms with E-state index in [4.69, 9.17) is 9.73 Å². The van der Waals surface area contributed by atoms with E-state index in [2.05, 4.69) is 19.2 Å². The molecule has 2 saturated carbocycles. The fourth-order valence-corrected chi connectivity index (χ4v) is 5.59. The molecular weight excluding hydrogens is 358 g/mol. The molecule has 1 aromatic heterocycles. The number of hydrogen-bond acceptors (Lipinski definition) is 5. The van der Waals surface area contributed by atoms with Crippen LogP contribution in [0.2, 0.25) is 0 Å². The molecule has 27 heavy (non-hydrogen) atoms. The number of ether oxygens (including phenoxy) is 1. The van der Waals surface area contributed by atoms with Crippen molar-refractivity contribution in [3.05, 3.63) is 33.7 Å². The molecule has 4 rings (SSSR count). The number of Topliss-reactive ketones (excluding diaryl/α,β-unsaturated/α-hetero) is 1. The van der Waals surface area contributed by atoms with Gasteiger partial charge in [-0.25, -0.2) is 4.79 Å². The van der Waals surface area contributed by atoms with Crippen LogP contribution in [0.15, 0.2) is 33.1 Å². The van der Waals surface area contributed by atoms with Crippen LogP contribution in [-0.2, 0) is 14.3 Å². The Balaban J connectivity index is 1.75. The average Bonchev–Trinajstić information content (AvgIpc) is 3.25. The van der Waals surface area contributed by atoms with Gasteiger partial charge in [0.25, 0.3) is 0 Å². The number of allylic oxidation sites excluding steroid dienone is 1. The molecule has 0 radical (unpaired) electrons. The molecule has 2 heterocycles. The second kappa shape index (κ2) is 7.01. The molecule has 4 nitrogen and oxygen atoms in total. The molecule has 2 fully saturated rings. The predicted molar refractivity (Wildman–Crippen MR) is 107 cm³/mol. The van der Waals surface area contributed by atoms with Gasteiger partial charge in [0.15, 0.2) is 0 Å². The van der Waals surface area contributed by atoms with E-state index in [9.17, 15) is 9.59 Å². The van der Waals surface area contributed by atoms with Gasteiger partial charge in [0.1, 0.15) is 11.9 Å². The van der Waals surface area contributed by atoms with E-state index in [1.807, 2.05) is 18.4 Å². The van der Waals surface area contributed by atoms with E-state index < -0.39 is 0 Å². The van der Waals surface area contributed by atoms with Crippen molar-refractivity contribution >= 4 is 28.8 Å². The first kappa shape index (κ1) is 18.6. The molecule has 2 atom stereocenters. The Kier molecular flexibility index (Phi) is 4.83. The minimum absolute atomic E-state index is 0.00675. The summed E-state index contributed by atoms with van der Waals surface area (Å²) in [5, 5.41) is 4.06. The number of rotatable bonds is 3. The Morgan fingerprint density at radius 2 is 1.96 bits per heavy atom. The SMILES string of the molecule is CC1=C(C(=O)OC2CCCC2)[C@@H](c2ccsc2)[C@H]2C(=O)CC(C)(C)CC2=N1. The van der Waals surface area contributed by atoms with Crippen LogP contribution in [-0.4, -0.2) is 23.6 Å². The van der Waals surface area contributed by atoms with Crippen molar-refractivity contribution < 1.29 is 14.3 Å². The standard InChI is InChI=1S/C22H27NO3S/c1-13-18(21(25)26-15-6-4-5-7-15)19(14-8-9-27-12-14)20-16(23-13)10-22(2,3)11-17(20)24/h8-9,12,15,19-20H,4-7,10-11H2,1-3H3/t19-,20-/m1/s1. The fourth-order valence-electron chi connectivity index (χ4n) is 4.89. The maximum atomic E-state index is 13.1. The topological polar surface area (TPSA) is 55.7 Å². The second-order valence-corrected chi connectivity index (χ2v) is 9.69. The summed E-state index contributed by atoms with van der Waals surface area (Å²) in [6.45, 7) is 6.12. The lowest BCUT2D eigenvalue weighted by Gasteiger charge is -2.40. The van der Waals surface area contributed by atoms with Gasteiger partial charge < -0.3 is 4.74 Å². The number of thiophene rings is 1. The van der Waals surface area contributed by atoms with E-state index in [0.717, 1.165) is 43.4 Å². The number of carbonyl (C=O) groups is 2. The summed E-state index contributed by atoms with van der Waals surface area (Å²) in [5.41, 5.74) is 3.19. The number of nitrogens with zero attached hydrogens (tertiary/aromatic N) is 1. The molecule has 0 N–H and O–H groups in total. The van der Waals surface area contributed by atoms with Gasteiger partial charge in [-0.2, -0.15) is 11.3 Å². The van der Waals surface area contributed by atoms with Crippen LogP contribution < -0.4 is 0 Å². The van der Waals surface area contributed by atoms with E-state index >= 15 is 0 Å². The van der Waals surface area contributed by atoms with E-state index in [0.29, 0.717) is 17.7 Å². The minimum atomic E-state index is -0.331. The summed E-state index contributed by atoms with van der Waals surface area (Å²) < 4.78 is 5.83. The highest BCUT2D eigenvalue weighted by molar-refractivity contribution is 7.08. The lowest BCUT2D eigenvalue weighted by atomic mass is 9.63. The largest absolute Gasteiger partial charge is 0.459 e. The second-order valence-electron chi connectivity index (χ2n) is 8.91. The van der Waals surface area contributed by atoms with Gasteiger partial charge in [0.05, 0.1) is 11.5 Å². The van der Waals surface area contributed by atoms with Crippen LogP contribution in [0.5, 0.6) is 0 Å². The summed E-state index contributed by atoms with van der Waals surface area (Å²) in [4.78, 5) is 31.0. The molecule has 3 aliphatic rings. The smallest absolute Gasteiger partial charge is 0.336 e. The third-order valence-corrected chi connectivity index (χ3v) is 6.76. The zero-order valence-electron chi connectivity index (χ0n) is 16.3. The molecule has 1 aliphatic heterocycles. The van der Waals surface area contributed by atoms with Crippen molar-refractivity contribution in [2.45, 2.75) is 71.3 Å². The third-order valence-electron chi connectivity index (χ3n) is 6.06. The third kappa shape index (κ3) is 3.54. The minimum Gasteiger partial charge on any atom is -0.459 e. The first-order chi connectivity index (χ1) is 12.9. The van der Waals surface area contributed by atoms with Crippen molar-refractivity contribution in [2.24, 2.45) is 16.3 Å². The quantitative estimate of drug-likeness (QED) is 0.684. The molecule has 0 bridgehead atoms. The molecule has 0 saturated heterocycles. The van der Waals surface area contributed by atoms with E-state index in [1.54, 1.807) is 11.3 Å². The van der Waals surface area contributed by atoms with Gasteiger partial charge in [-0.1, -0.05) is 13.8 Å². The Hall–Kier alpha value is -1.75. The van der Waals surface area contributed by atoms with Crippen molar-refractivity contribution in [1.82, 2.24) is 0 Å². The first-order valence-corrected chi connectivity index (χ1v) is 10.8. The maximum absolute atomic E-state index is 13.1. The number of ketones is 1. The van der Waals surface area contributed by atoms with Crippen LogP contribution in [0.25, 0.3) is 0 Å². The van der Waals surface area contributed by atoms with Crippen LogP contribution >= 0.6 is 11.3 Å². The zero-order valence-corrected chi connectivity index (χ0v) is 17.1. The average molecular weight is 386 g/mol. The van der Waals surface area contributed by atoms with Crippen LogP contribution in [0.1, 0.15) is 70.8 Å². The van der Waals surface area contributed by atoms with Gasteiger partial charge in [0.2, 0.25) is 0 Å². The van der Waals surface area contributed by atoms with Crippen LogP contribution in [0.3, 0.4) is 0 Å². The molecule has 0 amide bonds. The van der Waals surface area contributed by atoms with Crippen molar-refractivity contribution in [1.29, 1.82) is 0 Å². The highest BCUT2D eigenvalue weighted by atomic mass is 32.1. The lowest BCUT2D eigenvalue weighted by Crippen LogP contribution is -2.44. The van der Waals surface area contributed by atoms with Crippen molar-refractivity contribution in [3.8, 4) is 0 Å². The van der Waals surface area contributed by atoms with E-state index in [1.165, 1.54) is 0 Å². The molecule has 2 aliphatic carbocycles. The molecule has 0 spiro atoms. The van der Waals surface area contributed by atoms with Crippen molar-refractivity contribution in [2.75, 3.05) is 0 Å². The first-order valence-electron chi connectivity index (χ1n) is 9.90. The summed E-state index contributed by atoms with van der Waals surface area (Å²) in [6, 6.07) is 2.03. The highest BCUT2D eigenvalue weighted by Crippen LogP contribution is 2.47. The summed E-state index contributed by atoms with van der Waals surface area (Å²) in [5.74, 6) is -0.681. The number of carbonyl (C=O) groups excluding carboxylic acids is 2. The van der Waals surface area contributed by atoms with Gasteiger partial charge >= 0.3 is 5.97 Å². The van der Waals surface area contributed by atoms with Gasteiger partial charge in [-0.3, -0.25) is 9.79 Å². The molecule has 1 aromatic rings. The molecule has 5 heteroatoms. The Labute approximate surface area is 164 Å². The Morgan fingerprint density at radius 3 is 2.63 bits per heavy atom. The van der Waals surface area contributed by atoms with Gasteiger partial charge in [0, 0.05) is 23.7 Å². The zero-order chi connectivity index (χ0) is 19.2. The monoisotopic (exact) mass is 385 g/mol. The van der Waals surface area contributed by atoms with Gasteiger partial charge in [-0.05, 0) is 66.8 Å². The van der Waals surface area contributed by atoms with Gasteiger partial charge in [-0.15, -0.1) is 0 Å². The summed E-state index contributed by atoms with van der Waals surface area (Å²) in [7, 11) is 0. The van der Waals surface area contributed by atoms with Crippen molar-refractivity contribution in [3.63, 3.8) is 0 Å². The summed E-state index contributed by atoms with van der Waals surface area (Å²) in [6.07, 6.45) is 5.43. The Morgan fingerprint density at radius 1 is 1.22 bits per heavy atom. The maximum Gasteiger partial charge on any atom is 0.336 e. The fraction of sp³-hybridized carbons (Fsp3) is 0.591. The Bertz CT molecular complexity index is 813. The normalized spacial score (nSPS) is 28.1. The number of esters is 1. The van der Waals surface area contributed by atoms with Crippen LogP contribution in [0.4, 0.5) is 0 Å². The number of fused-ring (bicyclic) bond motifs is 1. The molecule has 0 aromatic carbocycles. The molecule has 144 valence electrons.